The quantitative estimate of drug-likeness (QED) is 0.553. The first-order valence-corrected chi connectivity index (χ1v) is 7.26. The average Bonchev–Trinajstić information content (AvgIpc) is 2.41. The third kappa shape index (κ3) is 3.87. The van der Waals surface area contributed by atoms with Gasteiger partial charge in [-0.3, -0.25) is 0 Å². The first-order chi connectivity index (χ1) is 8.29. The predicted octanol–water partition coefficient (Wildman–Crippen LogP) is 5.51. The first kappa shape index (κ1) is 14.3. The third-order valence-corrected chi connectivity index (χ3v) is 3.97. The first-order valence-electron chi connectivity index (χ1n) is 7.26. The number of hydrogen-bond acceptors (Lipinski definition) is 0. The maximum Gasteiger partial charge on any atom is -0.00434 e. The molecule has 0 aliphatic carbocycles. The molecule has 0 saturated carbocycles. The monoisotopic (exact) mass is 231 g/mol. The Kier molecular flexibility index (Phi) is 6.32. The maximum absolute atomic E-state index is 3.48. The van der Waals surface area contributed by atoms with E-state index in [2.05, 4.69) is 51.1 Å². The Morgan fingerprint density at radius 2 is 1.65 bits per heavy atom. The van der Waals surface area contributed by atoms with Crippen LogP contribution in [0.3, 0.4) is 0 Å². The van der Waals surface area contributed by atoms with Crippen LogP contribution in [0.2, 0.25) is 0 Å². The van der Waals surface area contributed by atoms with Gasteiger partial charge in [-0.1, -0.05) is 70.7 Å². The van der Waals surface area contributed by atoms with Crippen LogP contribution in [0, 0.1) is 6.07 Å². The van der Waals surface area contributed by atoms with Crippen LogP contribution in [0.25, 0.3) is 0 Å². The van der Waals surface area contributed by atoms with E-state index in [0.717, 1.165) is 0 Å². The van der Waals surface area contributed by atoms with Gasteiger partial charge in [0.1, 0.15) is 0 Å². The van der Waals surface area contributed by atoms with Crippen LogP contribution in [0.4, 0.5) is 0 Å². The Hall–Kier alpha value is -0.780. The number of benzene rings is 1. The molecule has 0 bridgehead atoms. The maximum atomic E-state index is 3.48. The largest absolute Gasteiger partial charge is 0.0654 e. The van der Waals surface area contributed by atoms with Crippen molar-refractivity contribution in [3.05, 3.63) is 35.9 Å². The fourth-order valence-corrected chi connectivity index (χ4v) is 2.69. The van der Waals surface area contributed by atoms with E-state index in [1.807, 2.05) is 0 Å². The second-order valence-corrected chi connectivity index (χ2v) is 5.12. The van der Waals surface area contributed by atoms with Crippen molar-refractivity contribution < 1.29 is 0 Å². The molecular formula is C17H27. The van der Waals surface area contributed by atoms with Crippen molar-refractivity contribution in [3.8, 4) is 0 Å². The van der Waals surface area contributed by atoms with Crippen molar-refractivity contribution in [3.63, 3.8) is 0 Å². The van der Waals surface area contributed by atoms with Gasteiger partial charge in [0.2, 0.25) is 0 Å². The summed E-state index contributed by atoms with van der Waals surface area (Å²) in [5.41, 5.74) is 1.82. The Bertz CT molecular complexity index is 278. The Balaban J connectivity index is 2.89. The molecule has 1 aromatic rings. The molecule has 0 atom stereocenters. The molecule has 1 aromatic carbocycles. The Morgan fingerprint density at radius 1 is 1.00 bits per heavy atom. The van der Waals surface area contributed by atoms with Crippen molar-refractivity contribution in [2.45, 2.75) is 71.1 Å². The summed E-state index contributed by atoms with van der Waals surface area (Å²) >= 11 is 0. The molecule has 0 heterocycles. The van der Waals surface area contributed by atoms with E-state index >= 15 is 0 Å². The standard InChI is InChI=1S/C17H27/c1-4-7-14-17(6-3,15-8-5-2)16-12-10-9-11-13-16/h9-12H,4-8,14-15H2,1-3H3. The SMILES string of the molecule is CCCCC(CC)(CCCC)c1[c]cccc1. The van der Waals surface area contributed by atoms with Gasteiger partial charge in [0, 0.05) is 0 Å². The molecule has 0 nitrogen and oxygen atoms in total. The molecular weight excluding hydrogens is 204 g/mol. The molecule has 0 unspecified atom stereocenters. The van der Waals surface area contributed by atoms with Gasteiger partial charge >= 0.3 is 0 Å². The molecule has 0 fully saturated rings. The minimum absolute atomic E-state index is 0.382. The van der Waals surface area contributed by atoms with Crippen LogP contribution in [-0.2, 0) is 5.41 Å². The highest BCUT2D eigenvalue weighted by molar-refractivity contribution is 5.24. The minimum atomic E-state index is 0.382. The summed E-state index contributed by atoms with van der Waals surface area (Å²) in [6, 6.07) is 12.1. The van der Waals surface area contributed by atoms with Crippen molar-refractivity contribution in [2.24, 2.45) is 0 Å². The smallest absolute Gasteiger partial charge is 0.00434 e. The zero-order valence-electron chi connectivity index (χ0n) is 11.8. The molecule has 0 saturated heterocycles. The number of unbranched alkanes of at least 4 members (excludes halogenated alkanes) is 2. The normalized spacial score (nSPS) is 11.7. The van der Waals surface area contributed by atoms with Gasteiger partial charge < -0.3 is 0 Å². The van der Waals surface area contributed by atoms with Crippen LogP contribution in [0.15, 0.2) is 24.3 Å². The van der Waals surface area contributed by atoms with Crippen LogP contribution >= 0.6 is 0 Å². The second-order valence-electron chi connectivity index (χ2n) is 5.12. The van der Waals surface area contributed by atoms with E-state index in [9.17, 15) is 0 Å². The summed E-state index contributed by atoms with van der Waals surface area (Å²) in [5.74, 6) is 0. The molecule has 0 heteroatoms. The van der Waals surface area contributed by atoms with Crippen LogP contribution in [0.1, 0.15) is 71.3 Å². The molecule has 0 amide bonds. The molecule has 0 aromatic heterocycles. The average molecular weight is 231 g/mol. The van der Waals surface area contributed by atoms with Gasteiger partial charge in [-0.15, -0.1) is 0 Å². The van der Waals surface area contributed by atoms with Gasteiger partial charge in [-0.05, 0) is 36.3 Å². The fourth-order valence-electron chi connectivity index (χ4n) is 2.69. The number of rotatable bonds is 8. The van der Waals surface area contributed by atoms with E-state index in [0.29, 0.717) is 5.41 Å². The molecule has 1 rings (SSSR count). The van der Waals surface area contributed by atoms with Crippen molar-refractivity contribution in [1.29, 1.82) is 0 Å². The predicted molar refractivity (Wildman–Crippen MR) is 76.3 cm³/mol. The van der Waals surface area contributed by atoms with E-state index in [1.54, 1.807) is 0 Å². The fraction of sp³-hybridized carbons (Fsp3) is 0.647. The molecule has 95 valence electrons. The van der Waals surface area contributed by atoms with E-state index in [-0.39, 0.29) is 0 Å². The van der Waals surface area contributed by atoms with Gasteiger partial charge in [0.25, 0.3) is 0 Å². The van der Waals surface area contributed by atoms with Crippen molar-refractivity contribution >= 4 is 0 Å². The summed E-state index contributed by atoms with van der Waals surface area (Å²) in [4.78, 5) is 0. The summed E-state index contributed by atoms with van der Waals surface area (Å²) in [7, 11) is 0. The zero-order chi connectivity index (χ0) is 12.6. The van der Waals surface area contributed by atoms with Crippen molar-refractivity contribution in [2.75, 3.05) is 0 Å². The van der Waals surface area contributed by atoms with Gasteiger partial charge in [0.05, 0.1) is 0 Å². The Morgan fingerprint density at radius 3 is 2.06 bits per heavy atom. The lowest BCUT2D eigenvalue weighted by molar-refractivity contribution is 0.329. The molecule has 0 spiro atoms. The van der Waals surface area contributed by atoms with Gasteiger partial charge in [0.15, 0.2) is 0 Å². The molecule has 1 radical (unpaired) electrons. The second kappa shape index (κ2) is 7.53. The summed E-state index contributed by atoms with van der Waals surface area (Å²) in [6.07, 6.45) is 9.14. The molecule has 0 N–H and O–H groups in total. The highest BCUT2D eigenvalue weighted by Crippen LogP contribution is 2.38. The van der Waals surface area contributed by atoms with E-state index in [4.69, 9.17) is 0 Å². The Labute approximate surface area is 107 Å². The van der Waals surface area contributed by atoms with Gasteiger partial charge in [-0.2, -0.15) is 0 Å². The van der Waals surface area contributed by atoms with Crippen LogP contribution in [0.5, 0.6) is 0 Å². The summed E-state index contributed by atoms with van der Waals surface area (Å²) in [5, 5.41) is 0. The van der Waals surface area contributed by atoms with E-state index in [1.165, 1.54) is 50.5 Å². The molecule has 0 aliphatic heterocycles. The minimum Gasteiger partial charge on any atom is -0.0654 e. The summed E-state index contributed by atoms with van der Waals surface area (Å²) < 4.78 is 0. The third-order valence-electron chi connectivity index (χ3n) is 3.97. The highest BCUT2D eigenvalue weighted by Gasteiger charge is 2.28. The van der Waals surface area contributed by atoms with E-state index < -0.39 is 0 Å². The summed E-state index contributed by atoms with van der Waals surface area (Å²) in [6.45, 7) is 6.91. The van der Waals surface area contributed by atoms with Crippen LogP contribution in [-0.4, -0.2) is 0 Å². The topological polar surface area (TPSA) is 0 Å². The zero-order valence-corrected chi connectivity index (χ0v) is 11.8. The molecule has 0 aliphatic rings. The number of hydrogen-bond donors (Lipinski definition) is 0. The lowest BCUT2D eigenvalue weighted by atomic mass is 9.71. The molecule has 17 heavy (non-hydrogen) atoms. The van der Waals surface area contributed by atoms with Crippen molar-refractivity contribution in [1.82, 2.24) is 0 Å². The lowest BCUT2D eigenvalue weighted by Gasteiger charge is -2.33. The highest BCUT2D eigenvalue weighted by atomic mass is 14.3. The van der Waals surface area contributed by atoms with Gasteiger partial charge in [-0.25, -0.2) is 0 Å². The van der Waals surface area contributed by atoms with Crippen LogP contribution < -0.4 is 0 Å². The lowest BCUT2D eigenvalue weighted by Crippen LogP contribution is -2.25.